The molecule has 1 N–H and O–H groups in total. The second kappa shape index (κ2) is 6.12. The molecule has 0 amide bonds. The van der Waals surface area contributed by atoms with Crippen molar-refractivity contribution < 1.29 is 5.11 Å². The van der Waals surface area contributed by atoms with Crippen molar-refractivity contribution in [2.45, 2.75) is 77.7 Å². The van der Waals surface area contributed by atoms with Crippen LogP contribution in [-0.4, -0.2) is 5.11 Å². The SMILES string of the molecule is CC(C)CC1(C(O)c2ccc3c(c2)CCCC3)CCCC1. The molecule has 0 aromatic heterocycles. The van der Waals surface area contributed by atoms with E-state index in [1.807, 2.05) is 0 Å². The molecule has 1 unspecified atom stereocenters. The fraction of sp³-hybridized carbons (Fsp3) is 0.700. The van der Waals surface area contributed by atoms with Gasteiger partial charge in [0.05, 0.1) is 6.10 Å². The number of rotatable bonds is 4. The van der Waals surface area contributed by atoms with Crippen LogP contribution in [0.4, 0.5) is 0 Å². The lowest BCUT2D eigenvalue weighted by atomic mass is 9.71. The van der Waals surface area contributed by atoms with E-state index < -0.39 is 0 Å². The number of benzene rings is 1. The Hall–Kier alpha value is -0.820. The zero-order valence-electron chi connectivity index (χ0n) is 13.7. The third-order valence-electron chi connectivity index (χ3n) is 5.68. The Kier molecular flexibility index (Phi) is 4.40. The van der Waals surface area contributed by atoms with Crippen LogP contribution in [0.5, 0.6) is 0 Å². The summed E-state index contributed by atoms with van der Waals surface area (Å²) in [5.41, 5.74) is 4.33. The lowest BCUT2D eigenvalue weighted by molar-refractivity contribution is 0.0111. The number of hydrogen-bond donors (Lipinski definition) is 1. The summed E-state index contributed by atoms with van der Waals surface area (Å²) in [6, 6.07) is 6.81. The van der Waals surface area contributed by atoms with E-state index >= 15 is 0 Å². The van der Waals surface area contributed by atoms with Crippen LogP contribution >= 0.6 is 0 Å². The highest BCUT2D eigenvalue weighted by Crippen LogP contribution is 2.51. The maximum Gasteiger partial charge on any atom is 0.0846 e. The average Bonchev–Trinajstić information content (AvgIpc) is 2.95. The number of hydrogen-bond acceptors (Lipinski definition) is 1. The van der Waals surface area contributed by atoms with E-state index in [-0.39, 0.29) is 11.5 Å². The molecule has 0 bridgehead atoms. The summed E-state index contributed by atoms with van der Waals surface area (Å²) in [7, 11) is 0. The van der Waals surface area contributed by atoms with Gasteiger partial charge in [0.1, 0.15) is 0 Å². The van der Waals surface area contributed by atoms with Crippen molar-refractivity contribution in [3.63, 3.8) is 0 Å². The van der Waals surface area contributed by atoms with Crippen molar-refractivity contribution in [2.75, 3.05) is 0 Å². The largest absolute Gasteiger partial charge is 0.388 e. The molecule has 2 aliphatic rings. The monoisotopic (exact) mass is 286 g/mol. The Bertz CT molecular complexity index is 483. The molecular weight excluding hydrogens is 256 g/mol. The summed E-state index contributed by atoms with van der Waals surface area (Å²) in [5.74, 6) is 0.662. The van der Waals surface area contributed by atoms with E-state index in [0.717, 1.165) is 6.42 Å². The third kappa shape index (κ3) is 3.04. The molecule has 116 valence electrons. The first-order chi connectivity index (χ1) is 10.1. The van der Waals surface area contributed by atoms with E-state index in [1.54, 1.807) is 0 Å². The highest BCUT2D eigenvalue weighted by molar-refractivity contribution is 5.35. The number of aryl methyl sites for hydroxylation is 2. The van der Waals surface area contributed by atoms with E-state index in [4.69, 9.17) is 0 Å². The standard InChI is InChI=1S/C20H30O/c1-15(2)14-20(11-5-6-12-20)19(21)18-10-9-16-7-3-4-8-17(16)13-18/h9-10,13,15,19,21H,3-8,11-12,14H2,1-2H3. The maximum absolute atomic E-state index is 11.1. The Morgan fingerprint density at radius 1 is 1.00 bits per heavy atom. The van der Waals surface area contributed by atoms with Crippen LogP contribution in [0.2, 0.25) is 0 Å². The molecule has 1 atom stereocenters. The summed E-state index contributed by atoms with van der Waals surface area (Å²) < 4.78 is 0. The molecule has 2 aliphatic carbocycles. The van der Waals surface area contributed by atoms with Crippen molar-refractivity contribution in [1.82, 2.24) is 0 Å². The normalized spacial score (nSPS) is 22.3. The Morgan fingerprint density at radius 2 is 1.67 bits per heavy atom. The van der Waals surface area contributed by atoms with E-state index in [1.165, 1.54) is 68.1 Å². The zero-order chi connectivity index (χ0) is 14.9. The van der Waals surface area contributed by atoms with Crippen molar-refractivity contribution in [3.8, 4) is 0 Å². The van der Waals surface area contributed by atoms with Crippen LogP contribution < -0.4 is 0 Å². The van der Waals surface area contributed by atoms with Gasteiger partial charge in [-0.25, -0.2) is 0 Å². The Balaban J connectivity index is 1.87. The van der Waals surface area contributed by atoms with E-state index in [2.05, 4.69) is 32.0 Å². The molecule has 1 aromatic rings. The molecule has 0 heterocycles. The summed E-state index contributed by atoms with van der Waals surface area (Å²) >= 11 is 0. The molecule has 1 heteroatoms. The molecular formula is C20H30O. The molecule has 0 radical (unpaired) electrons. The van der Waals surface area contributed by atoms with Crippen molar-refractivity contribution in [1.29, 1.82) is 0 Å². The predicted octanol–water partition coefficient (Wildman–Crippen LogP) is 5.21. The van der Waals surface area contributed by atoms with Gasteiger partial charge in [-0.05, 0) is 67.6 Å². The Labute approximate surface area is 129 Å². The summed E-state index contributed by atoms with van der Waals surface area (Å²) in [6.45, 7) is 4.58. The number of fused-ring (bicyclic) bond motifs is 1. The second-order valence-corrected chi connectivity index (χ2v) is 7.81. The fourth-order valence-corrected chi connectivity index (χ4v) is 4.76. The van der Waals surface area contributed by atoms with E-state index in [0.29, 0.717) is 5.92 Å². The highest BCUT2D eigenvalue weighted by Gasteiger charge is 2.41. The highest BCUT2D eigenvalue weighted by atomic mass is 16.3. The summed E-state index contributed by atoms with van der Waals surface area (Å²) in [4.78, 5) is 0. The van der Waals surface area contributed by atoms with E-state index in [9.17, 15) is 5.11 Å². The molecule has 3 rings (SSSR count). The zero-order valence-corrected chi connectivity index (χ0v) is 13.7. The van der Waals surface area contributed by atoms with Gasteiger partial charge in [0.25, 0.3) is 0 Å². The molecule has 21 heavy (non-hydrogen) atoms. The molecule has 1 fully saturated rings. The number of aliphatic hydroxyl groups excluding tert-OH is 1. The lowest BCUT2D eigenvalue weighted by Gasteiger charge is -2.36. The van der Waals surface area contributed by atoms with Crippen LogP contribution in [-0.2, 0) is 12.8 Å². The van der Waals surface area contributed by atoms with Crippen LogP contribution in [0, 0.1) is 11.3 Å². The van der Waals surface area contributed by atoms with Crippen LogP contribution in [0.3, 0.4) is 0 Å². The average molecular weight is 286 g/mol. The first kappa shape index (κ1) is 15.1. The minimum Gasteiger partial charge on any atom is -0.388 e. The summed E-state index contributed by atoms with van der Waals surface area (Å²) in [5, 5.41) is 11.1. The quantitative estimate of drug-likeness (QED) is 0.806. The van der Waals surface area contributed by atoms with Gasteiger partial charge in [-0.1, -0.05) is 44.9 Å². The second-order valence-electron chi connectivity index (χ2n) is 7.81. The molecule has 1 saturated carbocycles. The van der Waals surface area contributed by atoms with Gasteiger partial charge in [0.2, 0.25) is 0 Å². The van der Waals surface area contributed by atoms with Gasteiger partial charge in [-0.3, -0.25) is 0 Å². The van der Waals surface area contributed by atoms with Crippen LogP contribution in [0.25, 0.3) is 0 Å². The minimum absolute atomic E-state index is 0.136. The molecule has 0 spiro atoms. The van der Waals surface area contributed by atoms with Gasteiger partial charge in [-0.2, -0.15) is 0 Å². The Morgan fingerprint density at radius 3 is 2.33 bits per heavy atom. The predicted molar refractivity (Wildman–Crippen MR) is 88.4 cm³/mol. The molecule has 1 aromatic carbocycles. The van der Waals surface area contributed by atoms with Crippen LogP contribution in [0.15, 0.2) is 18.2 Å². The van der Waals surface area contributed by atoms with Gasteiger partial charge in [-0.15, -0.1) is 0 Å². The van der Waals surface area contributed by atoms with Crippen molar-refractivity contribution in [2.24, 2.45) is 11.3 Å². The summed E-state index contributed by atoms with van der Waals surface area (Å²) in [6.07, 6.45) is 10.9. The molecule has 1 nitrogen and oxygen atoms in total. The smallest absolute Gasteiger partial charge is 0.0846 e. The first-order valence-electron chi connectivity index (χ1n) is 8.90. The fourth-order valence-electron chi connectivity index (χ4n) is 4.76. The van der Waals surface area contributed by atoms with Crippen LogP contribution in [0.1, 0.15) is 81.6 Å². The van der Waals surface area contributed by atoms with Gasteiger partial charge in [0.15, 0.2) is 0 Å². The van der Waals surface area contributed by atoms with Crippen molar-refractivity contribution in [3.05, 3.63) is 34.9 Å². The lowest BCUT2D eigenvalue weighted by Crippen LogP contribution is -2.28. The third-order valence-corrected chi connectivity index (χ3v) is 5.68. The van der Waals surface area contributed by atoms with Crippen molar-refractivity contribution >= 4 is 0 Å². The molecule has 0 saturated heterocycles. The topological polar surface area (TPSA) is 20.2 Å². The number of aliphatic hydroxyl groups is 1. The maximum atomic E-state index is 11.1. The molecule has 0 aliphatic heterocycles. The minimum atomic E-state index is -0.269. The first-order valence-corrected chi connectivity index (χ1v) is 8.90. The van der Waals surface area contributed by atoms with Gasteiger partial charge in [0, 0.05) is 5.41 Å². The van der Waals surface area contributed by atoms with Gasteiger partial charge >= 0.3 is 0 Å². The van der Waals surface area contributed by atoms with Gasteiger partial charge < -0.3 is 5.11 Å².